The van der Waals surface area contributed by atoms with Crippen LogP contribution in [-0.4, -0.2) is 47.4 Å². The minimum Gasteiger partial charge on any atom is -0.569 e. The van der Waals surface area contributed by atoms with Crippen LogP contribution in [-0.2, 0) is 19.2 Å². The predicted molar refractivity (Wildman–Crippen MR) is 53.3 cm³/mol. The molecule has 0 atom stereocenters. The average Bonchev–Trinajstić information content (AvgIpc) is 2.23. The summed E-state index contributed by atoms with van der Waals surface area (Å²) in [6, 6.07) is 0. The van der Waals surface area contributed by atoms with Crippen LogP contribution in [0.15, 0.2) is 5.28 Å². The number of rotatable bonds is 8. The first kappa shape index (κ1) is 14.9. The summed E-state index contributed by atoms with van der Waals surface area (Å²) >= 11 is 0. The summed E-state index contributed by atoms with van der Waals surface area (Å²) in [5.41, 5.74) is 0. The van der Waals surface area contributed by atoms with Gasteiger partial charge in [0.1, 0.15) is 0 Å². The van der Waals surface area contributed by atoms with Gasteiger partial charge in [0.15, 0.2) is 0 Å². The van der Waals surface area contributed by atoms with Gasteiger partial charge in [-0.15, -0.1) is 5.01 Å². The Bertz CT molecular complexity index is 293. The number of esters is 1. The van der Waals surface area contributed by atoms with Crippen molar-refractivity contribution in [3.8, 4) is 0 Å². The molecule has 0 aromatic heterocycles. The van der Waals surface area contributed by atoms with Crippen molar-refractivity contribution < 1.29 is 29.2 Å². The largest absolute Gasteiger partial charge is 0.569 e. The van der Waals surface area contributed by atoms with E-state index in [-0.39, 0.29) is 17.9 Å². The van der Waals surface area contributed by atoms with E-state index in [1.165, 1.54) is 14.0 Å². The summed E-state index contributed by atoms with van der Waals surface area (Å²) in [5.74, 6) is -1.48. The highest BCUT2D eigenvalue weighted by Crippen LogP contribution is 1.94. The molecule has 0 aliphatic carbocycles. The van der Waals surface area contributed by atoms with Gasteiger partial charge >= 0.3 is 11.9 Å². The molecule has 0 rings (SSSR count). The van der Waals surface area contributed by atoms with Crippen LogP contribution in [0.1, 0.15) is 19.8 Å². The molecule has 9 heteroatoms. The first-order chi connectivity index (χ1) is 7.93. The van der Waals surface area contributed by atoms with Crippen LogP contribution in [0.2, 0.25) is 0 Å². The van der Waals surface area contributed by atoms with Gasteiger partial charge in [0, 0.05) is 13.3 Å². The van der Waals surface area contributed by atoms with Crippen LogP contribution in [0.25, 0.3) is 0 Å². The van der Waals surface area contributed by atoms with E-state index in [2.05, 4.69) is 14.9 Å². The van der Waals surface area contributed by atoms with E-state index < -0.39 is 18.7 Å². The number of nitrogens with zero attached hydrogens (tertiary/aromatic N) is 3. The minimum atomic E-state index is -0.932. The van der Waals surface area contributed by atoms with Gasteiger partial charge in [0.05, 0.1) is 18.6 Å². The molecule has 1 N–H and O–H groups in total. The number of carbonyl (C=O) groups is 2. The zero-order chi connectivity index (χ0) is 13.3. The van der Waals surface area contributed by atoms with E-state index in [0.29, 0.717) is 6.42 Å². The summed E-state index contributed by atoms with van der Waals surface area (Å²) < 4.78 is 4.37. The smallest absolute Gasteiger partial charge is 0.305 e. The Morgan fingerprint density at radius 1 is 1.53 bits per heavy atom. The van der Waals surface area contributed by atoms with Crippen LogP contribution in [0.4, 0.5) is 0 Å². The van der Waals surface area contributed by atoms with Crippen molar-refractivity contribution in [1.82, 2.24) is 5.01 Å². The summed E-state index contributed by atoms with van der Waals surface area (Å²) in [6.45, 7) is 0.962. The highest BCUT2D eigenvalue weighted by molar-refractivity contribution is 5.66. The van der Waals surface area contributed by atoms with Gasteiger partial charge in [-0.1, -0.05) is 0 Å². The number of carbonyl (C=O) groups excluding carboxylic acids is 1. The fraction of sp³-hybridized carbons (Fsp3) is 0.750. The summed E-state index contributed by atoms with van der Waals surface area (Å²) in [5, 5.41) is 23.7. The molecule has 0 fully saturated rings. The lowest BCUT2D eigenvalue weighted by atomic mass is 10.3. The Hall–Kier alpha value is -2.06. The maximum Gasteiger partial charge on any atom is 0.305 e. The van der Waals surface area contributed by atoms with Crippen molar-refractivity contribution in [2.24, 2.45) is 5.28 Å². The Balaban J connectivity index is 3.78. The fourth-order valence-corrected chi connectivity index (χ4v) is 0.789. The van der Waals surface area contributed by atoms with Crippen LogP contribution in [0, 0.1) is 5.21 Å². The molecule has 0 spiro atoms. The number of carboxylic acids is 1. The number of carboxylic acid groups (broad SMARTS) is 1. The Labute approximate surface area is 97.7 Å². The SMILES string of the molecule is CC(=O)OCO/N=[N+](\[O-])N(C)CCCC(=O)O. The second-order valence-corrected chi connectivity index (χ2v) is 3.10. The van der Waals surface area contributed by atoms with Crippen molar-refractivity contribution in [2.75, 3.05) is 20.4 Å². The van der Waals surface area contributed by atoms with Crippen molar-refractivity contribution >= 4 is 11.9 Å². The zero-order valence-corrected chi connectivity index (χ0v) is 9.66. The second-order valence-electron chi connectivity index (χ2n) is 3.10. The lowest BCUT2D eigenvalue weighted by Gasteiger charge is -2.11. The highest BCUT2D eigenvalue weighted by atomic mass is 16.8. The van der Waals surface area contributed by atoms with Crippen LogP contribution in [0.3, 0.4) is 0 Å². The summed E-state index contributed by atoms with van der Waals surface area (Å²) in [4.78, 5) is 25.1. The predicted octanol–water partition coefficient (Wildman–Crippen LogP) is 0.113. The second kappa shape index (κ2) is 8.13. The van der Waals surface area contributed by atoms with Crippen molar-refractivity contribution in [1.29, 1.82) is 0 Å². The molecule has 98 valence electrons. The lowest BCUT2D eigenvalue weighted by molar-refractivity contribution is -0.706. The molecular formula is C8H15N3O6. The molecule has 0 amide bonds. The molecule has 0 aliphatic heterocycles. The molecule has 0 aliphatic rings. The van der Waals surface area contributed by atoms with Crippen molar-refractivity contribution in [2.45, 2.75) is 19.8 Å². The molecule has 0 heterocycles. The molecule has 0 saturated carbocycles. The average molecular weight is 249 g/mol. The molecule has 0 unspecified atom stereocenters. The quantitative estimate of drug-likeness (QED) is 0.162. The third-order valence-electron chi connectivity index (χ3n) is 1.61. The van der Waals surface area contributed by atoms with Gasteiger partial charge in [0.2, 0.25) is 5.28 Å². The van der Waals surface area contributed by atoms with E-state index in [4.69, 9.17) is 5.11 Å². The Kier molecular flexibility index (Phi) is 7.15. The van der Waals surface area contributed by atoms with E-state index in [9.17, 15) is 14.8 Å². The Morgan fingerprint density at radius 2 is 2.18 bits per heavy atom. The number of hydrogen-bond donors (Lipinski definition) is 1. The van der Waals surface area contributed by atoms with Crippen LogP contribution in [0.5, 0.6) is 0 Å². The van der Waals surface area contributed by atoms with Gasteiger partial charge < -0.3 is 19.9 Å². The summed E-state index contributed by atoms with van der Waals surface area (Å²) in [7, 11) is 1.42. The topological polar surface area (TPSA) is 114 Å². The van der Waals surface area contributed by atoms with E-state index >= 15 is 0 Å². The van der Waals surface area contributed by atoms with Crippen molar-refractivity contribution in [3.05, 3.63) is 5.21 Å². The maximum absolute atomic E-state index is 11.1. The summed E-state index contributed by atoms with van der Waals surface area (Å²) in [6.07, 6.45) is 0.274. The van der Waals surface area contributed by atoms with Crippen LogP contribution < -0.4 is 0 Å². The van der Waals surface area contributed by atoms with Crippen molar-refractivity contribution in [3.63, 3.8) is 0 Å². The number of hydrogen-bond acceptors (Lipinski definition) is 6. The first-order valence-electron chi connectivity index (χ1n) is 4.80. The van der Waals surface area contributed by atoms with Gasteiger partial charge in [0.25, 0.3) is 6.79 Å². The van der Waals surface area contributed by atoms with E-state index in [1.807, 2.05) is 0 Å². The zero-order valence-electron chi connectivity index (χ0n) is 9.66. The van der Waals surface area contributed by atoms with Gasteiger partial charge in [-0.25, -0.2) is 0 Å². The molecule has 0 aromatic rings. The lowest BCUT2D eigenvalue weighted by Crippen LogP contribution is -2.28. The molecule has 17 heavy (non-hydrogen) atoms. The monoisotopic (exact) mass is 249 g/mol. The van der Waals surface area contributed by atoms with E-state index in [1.54, 1.807) is 0 Å². The first-order valence-corrected chi connectivity index (χ1v) is 4.80. The molecular weight excluding hydrogens is 234 g/mol. The number of aliphatic carboxylic acids is 1. The third-order valence-corrected chi connectivity index (χ3v) is 1.61. The normalized spacial score (nSPS) is 10.8. The molecule has 0 radical (unpaired) electrons. The highest BCUT2D eigenvalue weighted by Gasteiger charge is 2.07. The molecule has 0 saturated heterocycles. The third kappa shape index (κ3) is 8.90. The molecule has 9 nitrogen and oxygen atoms in total. The maximum atomic E-state index is 11.1. The van der Waals surface area contributed by atoms with Gasteiger partial charge in [-0.3, -0.25) is 9.59 Å². The number of hydrazine groups is 1. The molecule has 0 bridgehead atoms. The number of ether oxygens (including phenoxy) is 1. The van der Waals surface area contributed by atoms with E-state index in [0.717, 1.165) is 5.01 Å². The van der Waals surface area contributed by atoms with Crippen LogP contribution >= 0.6 is 0 Å². The molecule has 0 aromatic carbocycles. The standard InChI is InChI=1S/C8H15N3O6/c1-7(12)16-6-17-9-11(15)10(2)5-3-4-8(13)14/h3-6H2,1-2H3,(H,13,14)/b11-9-. The van der Waals surface area contributed by atoms with Gasteiger partial charge in [-0.05, 0) is 6.42 Å². The van der Waals surface area contributed by atoms with Gasteiger partial charge in [-0.2, -0.15) is 0 Å². The fourth-order valence-electron chi connectivity index (χ4n) is 0.789. The minimum absolute atomic E-state index is 0.0352. The Morgan fingerprint density at radius 3 is 2.71 bits per heavy atom.